The van der Waals surface area contributed by atoms with Crippen LogP contribution in [0, 0.1) is 0 Å². The number of amides is 1. The number of likely N-dealkylation sites (tertiary alicyclic amines) is 1. The van der Waals surface area contributed by atoms with Gasteiger partial charge in [0.15, 0.2) is 0 Å². The number of likely N-dealkylation sites (N-methyl/N-ethyl adjacent to an activating group) is 1. The lowest BCUT2D eigenvalue weighted by Crippen LogP contribution is -2.40. The fraction of sp³-hybridized carbons (Fsp3) is 0.458. The fourth-order valence-corrected chi connectivity index (χ4v) is 5.47. The van der Waals surface area contributed by atoms with Gasteiger partial charge in [-0.3, -0.25) is 9.69 Å². The molecule has 3 atom stereocenters. The number of benzene rings is 2. The first-order valence-electron chi connectivity index (χ1n) is 10.6. The van der Waals surface area contributed by atoms with Crippen molar-refractivity contribution in [3.05, 3.63) is 64.7 Å². The molecule has 1 amide bonds. The van der Waals surface area contributed by atoms with Crippen molar-refractivity contribution in [1.82, 2.24) is 9.80 Å². The largest absolute Gasteiger partial charge is 0.310 e. The molecule has 2 aromatic rings. The van der Waals surface area contributed by atoms with Crippen LogP contribution in [0.2, 0.25) is 5.02 Å². The highest BCUT2D eigenvalue weighted by Crippen LogP contribution is 2.66. The Bertz CT molecular complexity index is 928. The van der Waals surface area contributed by atoms with Crippen LogP contribution >= 0.6 is 11.6 Å². The average Bonchev–Trinajstić information content (AvgIpc) is 3.20. The lowest BCUT2D eigenvalue weighted by Gasteiger charge is -2.24. The zero-order chi connectivity index (χ0) is 20.2. The van der Waals surface area contributed by atoms with Crippen molar-refractivity contribution in [2.75, 3.05) is 45.2 Å². The van der Waals surface area contributed by atoms with Crippen molar-refractivity contribution in [3.63, 3.8) is 0 Å². The van der Waals surface area contributed by atoms with Crippen molar-refractivity contribution < 1.29 is 4.79 Å². The predicted molar refractivity (Wildman–Crippen MR) is 118 cm³/mol. The van der Waals surface area contributed by atoms with Gasteiger partial charge in [0.25, 0.3) is 0 Å². The Kier molecular flexibility index (Phi) is 4.69. The molecule has 0 aromatic heterocycles. The maximum Gasteiger partial charge on any atom is 0.238 e. The molecule has 29 heavy (non-hydrogen) atoms. The number of anilines is 1. The van der Waals surface area contributed by atoms with Crippen molar-refractivity contribution in [1.29, 1.82) is 0 Å². The molecule has 1 spiro atoms. The van der Waals surface area contributed by atoms with Gasteiger partial charge in [-0.2, -0.15) is 0 Å². The standard InChI is InChI=1S/C24H28ClN3O/c1-26(2)19-11-12-27(16-19)13-14-28-22-6-4-3-5-20(22)24(23(28)29)15-21(24)17-7-9-18(25)10-8-17/h3-10,19,21H,11-16H2,1-2H3/t19-,21+,24+/m1/s1. The summed E-state index contributed by atoms with van der Waals surface area (Å²) in [5, 5.41) is 0.741. The number of fused-ring (bicyclic) bond motifs is 2. The molecule has 4 nitrogen and oxygen atoms in total. The van der Waals surface area contributed by atoms with Crippen LogP contribution in [-0.2, 0) is 10.2 Å². The van der Waals surface area contributed by atoms with Crippen LogP contribution in [0.1, 0.15) is 29.9 Å². The first kappa shape index (κ1) is 19.1. The molecule has 2 heterocycles. The molecule has 2 fully saturated rings. The summed E-state index contributed by atoms with van der Waals surface area (Å²) in [6, 6.07) is 17.0. The highest BCUT2D eigenvalue weighted by Gasteiger charge is 2.66. The second-order valence-electron chi connectivity index (χ2n) is 8.96. The summed E-state index contributed by atoms with van der Waals surface area (Å²) >= 11 is 6.07. The molecule has 3 aliphatic rings. The summed E-state index contributed by atoms with van der Waals surface area (Å²) in [6.45, 7) is 3.91. The minimum atomic E-state index is -0.373. The summed E-state index contributed by atoms with van der Waals surface area (Å²) < 4.78 is 0. The second-order valence-corrected chi connectivity index (χ2v) is 9.40. The van der Waals surface area contributed by atoms with Gasteiger partial charge in [-0.1, -0.05) is 41.9 Å². The Labute approximate surface area is 178 Å². The minimum absolute atomic E-state index is 0.253. The molecule has 0 radical (unpaired) electrons. The van der Waals surface area contributed by atoms with Crippen LogP contribution in [-0.4, -0.2) is 62.0 Å². The zero-order valence-electron chi connectivity index (χ0n) is 17.1. The van der Waals surface area contributed by atoms with Crippen molar-refractivity contribution in [2.24, 2.45) is 0 Å². The monoisotopic (exact) mass is 409 g/mol. The van der Waals surface area contributed by atoms with E-state index in [4.69, 9.17) is 11.6 Å². The van der Waals surface area contributed by atoms with E-state index < -0.39 is 0 Å². The van der Waals surface area contributed by atoms with E-state index in [1.54, 1.807) is 0 Å². The van der Waals surface area contributed by atoms with E-state index in [1.807, 2.05) is 17.0 Å². The summed E-state index contributed by atoms with van der Waals surface area (Å²) in [7, 11) is 4.31. The number of rotatable bonds is 5. The molecule has 152 valence electrons. The van der Waals surface area contributed by atoms with Gasteiger partial charge in [-0.15, -0.1) is 0 Å². The van der Waals surface area contributed by atoms with Crippen LogP contribution in [0.4, 0.5) is 5.69 Å². The summed E-state index contributed by atoms with van der Waals surface area (Å²) in [4.78, 5) is 20.5. The molecular formula is C24H28ClN3O. The van der Waals surface area contributed by atoms with Gasteiger partial charge < -0.3 is 9.80 Å². The van der Waals surface area contributed by atoms with Crippen molar-refractivity contribution in [2.45, 2.75) is 30.2 Å². The molecule has 2 aliphatic heterocycles. The van der Waals surface area contributed by atoms with E-state index in [0.717, 1.165) is 43.3 Å². The van der Waals surface area contributed by atoms with Gasteiger partial charge in [0.1, 0.15) is 0 Å². The summed E-state index contributed by atoms with van der Waals surface area (Å²) in [5.74, 6) is 0.533. The Morgan fingerprint density at radius 3 is 2.59 bits per heavy atom. The molecular weight excluding hydrogens is 382 g/mol. The molecule has 1 saturated carbocycles. The molecule has 2 aromatic carbocycles. The third-order valence-electron chi connectivity index (χ3n) is 7.15. The Morgan fingerprint density at radius 2 is 1.86 bits per heavy atom. The van der Waals surface area contributed by atoms with E-state index in [2.05, 4.69) is 60.3 Å². The third kappa shape index (κ3) is 3.09. The molecule has 0 bridgehead atoms. The van der Waals surface area contributed by atoms with Crippen molar-refractivity contribution in [3.8, 4) is 0 Å². The fourth-order valence-electron chi connectivity index (χ4n) is 5.35. The summed E-state index contributed by atoms with van der Waals surface area (Å²) in [5.41, 5.74) is 3.16. The van der Waals surface area contributed by atoms with Crippen LogP contribution in [0.5, 0.6) is 0 Å². The van der Waals surface area contributed by atoms with Gasteiger partial charge >= 0.3 is 0 Å². The SMILES string of the molecule is CN(C)[C@@H]1CCN(CCN2C(=O)[C@@]3(C[C@H]3c3ccc(Cl)cc3)c3ccccc32)C1. The smallest absolute Gasteiger partial charge is 0.238 e. The average molecular weight is 410 g/mol. The van der Waals surface area contributed by atoms with E-state index in [1.165, 1.54) is 17.5 Å². The van der Waals surface area contributed by atoms with Crippen LogP contribution in [0.3, 0.4) is 0 Å². The van der Waals surface area contributed by atoms with Gasteiger partial charge in [0.05, 0.1) is 5.41 Å². The van der Waals surface area contributed by atoms with Crippen LogP contribution < -0.4 is 4.90 Å². The molecule has 5 rings (SSSR count). The highest BCUT2D eigenvalue weighted by atomic mass is 35.5. The maximum atomic E-state index is 13.6. The Morgan fingerprint density at radius 1 is 1.10 bits per heavy atom. The Hall–Kier alpha value is -1.88. The van der Waals surface area contributed by atoms with Gasteiger partial charge in [-0.05, 0) is 62.8 Å². The van der Waals surface area contributed by atoms with E-state index in [9.17, 15) is 4.79 Å². The molecule has 1 aliphatic carbocycles. The normalized spacial score (nSPS) is 28.6. The first-order chi connectivity index (χ1) is 14.0. The van der Waals surface area contributed by atoms with Gasteiger partial charge in [0, 0.05) is 42.3 Å². The third-order valence-corrected chi connectivity index (χ3v) is 7.41. The number of halogens is 1. The summed E-state index contributed by atoms with van der Waals surface area (Å²) in [6.07, 6.45) is 2.10. The highest BCUT2D eigenvalue weighted by molar-refractivity contribution is 6.30. The second kappa shape index (κ2) is 7.12. The number of carbonyl (C=O) groups excluding carboxylic acids is 1. The lowest BCUT2D eigenvalue weighted by molar-refractivity contribution is -0.120. The van der Waals surface area contributed by atoms with Gasteiger partial charge in [-0.25, -0.2) is 0 Å². The number of carbonyl (C=O) groups is 1. The van der Waals surface area contributed by atoms with Crippen LogP contribution in [0.25, 0.3) is 0 Å². The number of hydrogen-bond donors (Lipinski definition) is 0. The van der Waals surface area contributed by atoms with E-state index >= 15 is 0 Å². The first-order valence-corrected chi connectivity index (χ1v) is 10.9. The number of para-hydroxylation sites is 1. The molecule has 5 heteroatoms. The maximum absolute atomic E-state index is 13.6. The predicted octanol–water partition coefficient (Wildman–Crippen LogP) is 3.75. The number of nitrogens with zero attached hydrogens (tertiary/aromatic N) is 3. The molecule has 1 saturated heterocycles. The van der Waals surface area contributed by atoms with Crippen molar-refractivity contribution >= 4 is 23.2 Å². The zero-order valence-corrected chi connectivity index (χ0v) is 17.9. The molecule has 0 unspecified atom stereocenters. The van der Waals surface area contributed by atoms with E-state index in [-0.39, 0.29) is 17.2 Å². The minimum Gasteiger partial charge on any atom is -0.310 e. The quantitative estimate of drug-likeness (QED) is 0.752. The van der Waals surface area contributed by atoms with Crippen LogP contribution in [0.15, 0.2) is 48.5 Å². The molecule has 0 N–H and O–H groups in total. The Balaban J connectivity index is 1.36. The lowest BCUT2D eigenvalue weighted by atomic mass is 9.92. The van der Waals surface area contributed by atoms with Gasteiger partial charge in [0.2, 0.25) is 5.91 Å². The van der Waals surface area contributed by atoms with E-state index in [0.29, 0.717) is 6.04 Å². The number of hydrogen-bond acceptors (Lipinski definition) is 3. The topological polar surface area (TPSA) is 26.8 Å².